The van der Waals surface area contributed by atoms with Gasteiger partial charge in [-0.25, -0.2) is 4.21 Å². The van der Waals surface area contributed by atoms with Gasteiger partial charge in [0.05, 0.1) is 0 Å². The minimum Gasteiger partial charge on any atom is -0.740 e. The highest BCUT2D eigenvalue weighted by Crippen LogP contribution is 2.17. The fraction of sp³-hybridized carbons (Fsp3) is 0.0500. The normalized spacial score (nSPS) is 12.2. The number of rotatable bonds is 5. The smallest absolute Gasteiger partial charge is 0.195 e. The van der Waals surface area contributed by atoms with Gasteiger partial charge in [-0.1, -0.05) is 78.9 Å². The lowest BCUT2D eigenvalue weighted by atomic mass is 10.0. The molecule has 0 radical (unpaired) electrons. The lowest BCUT2D eigenvalue weighted by Crippen LogP contribution is -2.11. The molecule has 3 rings (SSSR count). The lowest BCUT2D eigenvalue weighted by Gasteiger charge is -2.09. The van der Waals surface area contributed by atoms with Crippen molar-refractivity contribution in [1.82, 2.24) is 0 Å². The van der Waals surface area contributed by atoms with Crippen molar-refractivity contribution in [2.75, 3.05) is 0 Å². The van der Waals surface area contributed by atoms with Crippen LogP contribution in [0.5, 0.6) is 5.75 Å². The van der Waals surface area contributed by atoms with E-state index in [9.17, 15) is 18.7 Å². The van der Waals surface area contributed by atoms with Gasteiger partial charge in [0, 0.05) is 5.56 Å². The van der Waals surface area contributed by atoms with Gasteiger partial charge in [-0.2, -0.15) is 0 Å². The van der Waals surface area contributed by atoms with Crippen LogP contribution < -0.4 is 4.18 Å². The number of aliphatic hydroxyl groups is 1. The Morgan fingerprint density at radius 1 is 0.846 bits per heavy atom. The molecule has 134 valence electrons. The zero-order valence-corrected chi connectivity index (χ0v) is 14.5. The number of para-hydroxylation sites is 1. The first kappa shape index (κ1) is 19.5. The molecule has 3 aromatic rings. The van der Waals surface area contributed by atoms with Gasteiger partial charge >= 0.3 is 0 Å². The van der Waals surface area contributed by atoms with E-state index in [4.69, 9.17) is 0 Å². The van der Waals surface area contributed by atoms with Crippen LogP contribution in [0.1, 0.15) is 22.0 Å². The van der Waals surface area contributed by atoms with E-state index in [2.05, 4.69) is 4.18 Å². The Balaban J connectivity index is 0.000000209. The molecule has 1 N–H and O–H groups in total. The zero-order chi connectivity index (χ0) is 18.8. The molecule has 0 saturated carbocycles. The third kappa shape index (κ3) is 6.25. The summed E-state index contributed by atoms with van der Waals surface area (Å²) >= 11 is -2.47. The van der Waals surface area contributed by atoms with Crippen LogP contribution in [0.15, 0.2) is 91.0 Å². The Kier molecular flexibility index (Phi) is 7.70. The van der Waals surface area contributed by atoms with Crippen molar-refractivity contribution in [2.45, 2.75) is 6.10 Å². The van der Waals surface area contributed by atoms with Gasteiger partial charge in [-0.15, -0.1) is 0 Å². The predicted octanol–water partition coefficient (Wildman–Crippen LogP) is 3.46. The van der Waals surface area contributed by atoms with Crippen molar-refractivity contribution in [3.63, 3.8) is 0 Å². The van der Waals surface area contributed by atoms with E-state index in [0.29, 0.717) is 16.9 Å². The molecule has 6 heteroatoms. The number of carbonyl (C=O) groups is 1. The summed E-state index contributed by atoms with van der Waals surface area (Å²) in [6.45, 7) is 0. The molecule has 0 aliphatic heterocycles. The van der Waals surface area contributed by atoms with Crippen LogP contribution in [-0.2, 0) is 11.4 Å². The van der Waals surface area contributed by atoms with Crippen molar-refractivity contribution < 1.29 is 22.8 Å². The highest BCUT2D eigenvalue weighted by atomic mass is 32.2. The van der Waals surface area contributed by atoms with Crippen molar-refractivity contribution in [1.29, 1.82) is 0 Å². The summed E-state index contributed by atoms with van der Waals surface area (Å²) in [5, 5.41) is 9.89. The number of ketones is 1. The van der Waals surface area contributed by atoms with Crippen LogP contribution in [0.25, 0.3) is 0 Å². The molecular formula is C20H17O5S-. The largest absolute Gasteiger partial charge is 0.740 e. The molecule has 0 heterocycles. The van der Waals surface area contributed by atoms with Crippen LogP contribution in [0.4, 0.5) is 0 Å². The molecule has 2 unspecified atom stereocenters. The fourth-order valence-electron chi connectivity index (χ4n) is 2.10. The number of hydrogen-bond acceptors (Lipinski definition) is 5. The minimum atomic E-state index is -2.47. The van der Waals surface area contributed by atoms with E-state index >= 15 is 0 Å². The highest BCUT2D eigenvalue weighted by molar-refractivity contribution is 7.74. The van der Waals surface area contributed by atoms with E-state index in [0.717, 1.165) is 0 Å². The van der Waals surface area contributed by atoms with E-state index < -0.39 is 17.5 Å². The number of benzene rings is 3. The molecule has 5 nitrogen and oxygen atoms in total. The summed E-state index contributed by atoms with van der Waals surface area (Å²) < 4.78 is 24.2. The van der Waals surface area contributed by atoms with Crippen LogP contribution in [0.3, 0.4) is 0 Å². The van der Waals surface area contributed by atoms with Gasteiger partial charge in [0.15, 0.2) is 5.78 Å². The van der Waals surface area contributed by atoms with Crippen LogP contribution in [0, 0.1) is 0 Å². The molecule has 0 amide bonds. The molecule has 3 aromatic carbocycles. The Bertz CT molecular complexity index is 823. The van der Waals surface area contributed by atoms with Gasteiger partial charge in [-0.3, -0.25) is 4.79 Å². The number of carbonyl (C=O) groups excluding carboxylic acids is 1. The molecular weight excluding hydrogens is 352 g/mol. The molecule has 26 heavy (non-hydrogen) atoms. The third-order valence-electron chi connectivity index (χ3n) is 3.33. The van der Waals surface area contributed by atoms with E-state index in [1.54, 1.807) is 78.9 Å². The maximum atomic E-state index is 11.9. The summed E-state index contributed by atoms with van der Waals surface area (Å²) in [6, 6.07) is 26.1. The molecule has 2 atom stereocenters. The monoisotopic (exact) mass is 369 g/mol. The number of Topliss-reactive ketones (excluding diaryl/α,β-unsaturated/α-hetero) is 1. The Morgan fingerprint density at radius 2 is 1.31 bits per heavy atom. The van der Waals surface area contributed by atoms with E-state index in [-0.39, 0.29) is 5.78 Å². The molecule has 0 bridgehead atoms. The Morgan fingerprint density at radius 3 is 1.81 bits per heavy atom. The van der Waals surface area contributed by atoms with Crippen molar-refractivity contribution in [3.05, 3.63) is 102 Å². The number of hydrogen-bond donors (Lipinski definition) is 1. The van der Waals surface area contributed by atoms with E-state index in [1.165, 1.54) is 0 Å². The molecule has 0 aliphatic rings. The van der Waals surface area contributed by atoms with Gasteiger partial charge in [0.2, 0.25) is 0 Å². The first-order valence-corrected chi connectivity index (χ1v) is 8.73. The molecule has 0 spiro atoms. The average Bonchev–Trinajstić information content (AvgIpc) is 2.69. The van der Waals surface area contributed by atoms with Gasteiger partial charge < -0.3 is 13.8 Å². The van der Waals surface area contributed by atoms with Crippen LogP contribution in [0.2, 0.25) is 0 Å². The standard InChI is InChI=1S/C14H12O2.C6H6O3S/c15-13(11-7-3-1-4-8-11)14(16)12-9-5-2-6-10-12;7-10(8)9-6-4-2-1-3-5-6/h1-10,13,15H;1-5H,(H,7,8)/p-1. The van der Waals surface area contributed by atoms with Gasteiger partial charge in [-0.05, 0) is 17.7 Å². The van der Waals surface area contributed by atoms with Crippen molar-refractivity contribution in [2.24, 2.45) is 0 Å². The van der Waals surface area contributed by atoms with E-state index in [1.807, 2.05) is 12.1 Å². The topological polar surface area (TPSA) is 86.7 Å². The quantitative estimate of drug-likeness (QED) is 0.550. The summed E-state index contributed by atoms with van der Waals surface area (Å²) in [7, 11) is 0. The molecule has 0 aromatic heterocycles. The SMILES string of the molecule is O=C(c1ccccc1)C(O)c1ccccc1.O=S([O-])Oc1ccccc1. The second-order valence-electron chi connectivity index (χ2n) is 5.14. The summed E-state index contributed by atoms with van der Waals surface area (Å²) in [4.78, 5) is 11.9. The Hall–Kier alpha value is -2.80. The maximum Gasteiger partial charge on any atom is 0.195 e. The number of aliphatic hydroxyl groups excluding tert-OH is 1. The summed E-state index contributed by atoms with van der Waals surface area (Å²) in [5.41, 5.74) is 1.15. The lowest BCUT2D eigenvalue weighted by molar-refractivity contribution is 0.0747. The molecule has 0 aliphatic carbocycles. The van der Waals surface area contributed by atoms with Crippen molar-refractivity contribution >= 4 is 17.1 Å². The highest BCUT2D eigenvalue weighted by Gasteiger charge is 2.18. The van der Waals surface area contributed by atoms with Crippen LogP contribution in [-0.4, -0.2) is 19.7 Å². The first-order chi connectivity index (χ1) is 12.6. The van der Waals surface area contributed by atoms with Crippen LogP contribution >= 0.6 is 0 Å². The van der Waals surface area contributed by atoms with Crippen molar-refractivity contribution in [3.8, 4) is 5.75 Å². The fourth-order valence-corrected chi connectivity index (χ4v) is 2.37. The maximum absolute atomic E-state index is 11.9. The third-order valence-corrected chi connectivity index (χ3v) is 3.66. The molecule has 0 saturated heterocycles. The summed E-state index contributed by atoms with van der Waals surface area (Å²) in [5.74, 6) is 0.0580. The zero-order valence-electron chi connectivity index (χ0n) is 13.7. The van der Waals surface area contributed by atoms with Gasteiger partial charge in [0.1, 0.15) is 23.2 Å². The minimum absolute atomic E-state index is 0.271. The summed E-state index contributed by atoms with van der Waals surface area (Å²) in [6.07, 6.45) is -1.08. The second kappa shape index (κ2) is 10.2. The first-order valence-electron chi connectivity index (χ1n) is 7.73. The van der Waals surface area contributed by atoms with Gasteiger partial charge in [0.25, 0.3) is 0 Å². The average molecular weight is 369 g/mol. The molecule has 0 fully saturated rings. The second-order valence-corrected chi connectivity index (χ2v) is 5.72. The predicted molar refractivity (Wildman–Crippen MR) is 98.2 cm³/mol. The Labute approximate surface area is 154 Å².